The average Bonchev–Trinajstić information content (AvgIpc) is 2.48. The second-order valence-corrected chi connectivity index (χ2v) is 5.33. The highest BCUT2D eigenvalue weighted by Gasteiger charge is 2.30. The van der Waals surface area contributed by atoms with E-state index in [4.69, 9.17) is 10.8 Å². The third kappa shape index (κ3) is 3.81. The Labute approximate surface area is 122 Å². The number of aliphatic carboxylic acids is 1. The van der Waals surface area contributed by atoms with Gasteiger partial charge in [-0.05, 0) is 43.5 Å². The van der Waals surface area contributed by atoms with Crippen molar-refractivity contribution in [3.63, 3.8) is 0 Å². The van der Waals surface area contributed by atoms with Gasteiger partial charge in [-0.1, -0.05) is 6.42 Å². The number of nitrogens with two attached hydrogens (primary N) is 1. The van der Waals surface area contributed by atoms with Gasteiger partial charge in [0.05, 0.1) is 5.92 Å². The molecule has 21 heavy (non-hydrogen) atoms. The molecule has 2 amide bonds. The molecule has 1 aromatic carbocycles. The second kappa shape index (κ2) is 6.39. The molecule has 0 spiro atoms. The molecule has 0 aliphatic heterocycles. The maximum absolute atomic E-state index is 12.2. The Morgan fingerprint density at radius 2 is 1.71 bits per heavy atom. The molecule has 0 bridgehead atoms. The summed E-state index contributed by atoms with van der Waals surface area (Å²) in [4.78, 5) is 34.1. The minimum absolute atomic E-state index is 0.173. The Balaban J connectivity index is 1.97. The minimum atomic E-state index is -0.835. The van der Waals surface area contributed by atoms with Gasteiger partial charge in [-0.15, -0.1) is 0 Å². The normalized spacial score (nSPS) is 21.5. The van der Waals surface area contributed by atoms with Crippen molar-refractivity contribution >= 4 is 23.5 Å². The first-order valence-electron chi connectivity index (χ1n) is 6.91. The summed E-state index contributed by atoms with van der Waals surface area (Å²) in [5.41, 5.74) is 6.09. The van der Waals surface area contributed by atoms with Crippen LogP contribution in [0.4, 0.5) is 5.69 Å². The third-order valence-corrected chi connectivity index (χ3v) is 3.83. The van der Waals surface area contributed by atoms with Crippen molar-refractivity contribution < 1.29 is 19.5 Å². The fourth-order valence-electron chi connectivity index (χ4n) is 2.61. The number of anilines is 1. The number of carbonyl (C=O) groups is 3. The number of primary amides is 1. The summed E-state index contributed by atoms with van der Waals surface area (Å²) < 4.78 is 0. The smallest absolute Gasteiger partial charge is 0.306 e. The van der Waals surface area contributed by atoms with Gasteiger partial charge >= 0.3 is 5.97 Å². The molecule has 4 N–H and O–H groups in total. The van der Waals surface area contributed by atoms with Crippen molar-refractivity contribution in [3.8, 4) is 0 Å². The zero-order chi connectivity index (χ0) is 15.4. The van der Waals surface area contributed by atoms with Crippen molar-refractivity contribution in [3.05, 3.63) is 29.8 Å². The Hall–Kier alpha value is -2.37. The fraction of sp³-hybridized carbons (Fsp3) is 0.400. The van der Waals surface area contributed by atoms with Crippen LogP contribution in [0.15, 0.2) is 24.3 Å². The number of hydrogen-bond donors (Lipinski definition) is 3. The lowest BCUT2D eigenvalue weighted by atomic mass is 9.81. The molecule has 1 aromatic rings. The van der Waals surface area contributed by atoms with Crippen molar-refractivity contribution in [1.82, 2.24) is 0 Å². The maximum atomic E-state index is 12.2. The number of benzene rings is 1. The summed E-state index contributed by atoms with van der Waals surface area (Å²) in [6.07, 6.45) is 2.46. The molecule has 6 heteroatoms. The van der Waals surface area contributed by atoms with E-state index in [1.165, 1.54) is 0 Å². The monoisotopic (exact) mass is 290 g/mol. The van der Waals surface area contributed by atoms with Crippen molar-refractivity contribution in [2.45, 2.75) is 25.7 Å². The average molecular weight is 290 g/mol. The molecule has 112 valence electrons. The van der Waals surface area contributed by atoms with Crippen LogP contribution in [0, 0.1) is 11.8 Å². The standard InChI is InChI=1S/C15H18N2O4/c16-13(18)9-4-6-12(7-5-9)17-14(19)10-2-1-3-11(8-10)15(20)21/h4-7,10-11H,1-3,8H2,(H2,16,18)(H,17,19)(H,20,21). The van der Waals surface area contributed by atoms with Crippen LogP contribution in [-0.2, 0) is 9.59 Å². The van der Waals surface area contributed by atoms with E-state index in [9.17, 15) is 14.4 Å². The molecule has 1 aliphatic rings. The number of amides is 2. The maximum Gasteiger partial charge on any atom is 0.306 e. The van der Waals surface area contributed by atoms with Crippen LogP contribution >= 0.6 is 0 Å². The number of nitrogens with one attached hydrogen (secondary N) is 1. The number of carboxylic acid groups (broad SMARTS) is 1. The quantitative estimate of drug-likeness (QED) is 0.782. The van der Waals surface area contributed by atoms with Crippen molar-refractivity contribution in [2.24, 2.45) is 17.6 Å². The van der Waals surface area contributed by atoms with Gasteiger partial charge in [-0.3, -0.25) is 14.4 Å². The predicted octanol–water partition coefficient (Wildman–Crippen LogP) is 1.61. The zero-order valence-electron chi connectivity index (χ0n) is 11.5. The lowest BCUT2D eigenvalue weighted by molar-refractivity contribution is -0.143. The van der Waals surface area contributed by atoms with E-state index in [1.807, 2.05) is 0 Å². The van der Waals surface area contributed by atoms with Gasteiger partial charge in [0, 0.05) is 17.2 Å². The molecule has 0 heterocycles. The summed E-state index contributed by atoms with van der Waals surface area (Å²) in [5.74, 6) is -2.25. The molecule has 2 rings (SSSR count). The summed E-state index contributed by atoms with van der Waals surface area (Å²) in [6, 6.07) is 6.29. The lowest BCUT2D eigenvalue weighted by Crippen LogP contribution is -2.30. The van der Waals surface area contributed by atoms with Gasteiger partial charge in [0.25, 0.3) is 0 Å². The first-order valence-corrected chi connectivity index (χ1v) is 6.91. The minimum Gasteiger partial charge on any atom is -0.481 e. The van der Waals surface area contributed by atoms with E-state index in [2.05, 4.69) is 5.32 Å². The van der Waals surface area contributed by atoms with Crippen LogP contribution < -0.4 is 11.1 Å². The summed E-state index contributed by atoms with van der Waals surface area (Å²) in [5, 5.41) is 11.8. The fourth-order valence-corrected chi connectivity index (χ4v) is 2.61. The molecule has 1 fully saturated rings. The molecule has 0 radical (unpaired) electrons. The van der Waals surface area contributed by atoms with Gasteiger partial charge in [-0.25, -0.2) is 0 Å². The summed E-state index contributed by atoms with van der Waals surface area (Å²) in [7, 11) is 0. The second-order valence-electron chi connectivity index (χ2n) is 5.33. The number of hydrogen-bond acceptors (Lipinski definition) is 3. The zero-order valence-corrected chi connectivity index (χ0v) is 11.5. The highest BCUT2D eigenvalue weighted by atomic mass is 16.4. The molecule has 2 unspecified atom stereocenters. The third-order valence-electron chi connectivity index (χ3n) is 3.83. The van der Waals surface area contributed by atoms with E-state index in [0.29, 0.717) is 30.5 Å². The molecular formula is C15H18N2O4. The van der Waals surface area contributed by atoms with Gasteiger partial charge < -0.3 is 16.2 Å². The van der Waals surface area contributed by atoms with E-state index >= 15 is 0 Å². The van der Waals surface area contributed by atoms with E-state index in [0.717, 1.165) is 6.42 Å². The molecular weight excluding hydrogens is 272 g/mol. The molecule has 0 aromatic heterocycles. The highest BCUT2D eigenvalue weighted by molar-refractivity contribution is 5.95. The van der Waals surface area contributed by atoms with Crippen LogP contribution in [0.1, 0.15) is 36.0 Å². The first-order chi connectivity index (χ1) is 9.97. The van der Waals surface area contributed by atoms with Gasteiger partial charge in [0.1, 0.15) is 0 Å². The molecule has 2 atom stereocenters. The molecule has 1 aliphatic carbocycles. The van der Waals surface area contributed by atoms with E-state index in [-0.39, 0.29) is 11.8 Å². The van der Waals surface area contributed by atoms with E-state index < -0.39 is 17.8 Å². The number of rotatable bonds is 4. The summed E-state index contributed by atoms with van der Waals surface area (Å²) >= 11 is 0. The van der Waals surface area contributed by atoms with Crippen molar-refractivity contribution in [1.29, 1.82) is 0 Å². The van der Waals surface area contributed by atoms with Crippen LogP contribution in [0.25, 0.3) is 0 Å². The lowest BCUT2D eigenvalue weighted by Gasteiger charge is -2.25. The Morgan fingerprint density at radius 1 is 1.10 bits per heavy atom. The van der Waals surface area contributed by atoms with Crippen LogP contribution in [0.5, 0.6) is 0 Å². The topological polar surface area (TPSA) is 109 Å². The Bertz CT molecular complexity index is 553. The largest absolute Gasteiger partial charge is 0.481 e. The molecule has 0 saturated heterocycles. The SMILES string of the molecule is NC(=O)c1ccc(NC(=O)C2CCCC(C(=O)O)C2)cc1. The predicted molar refractivity (Wildman–Crippen MR) is 76.7 cm³/mol. The van der Waals surface area contributed by atoms with Crippen molar-refractivity contribution in [2.75, 3.05) is 5.32 Å². The summed E-state index contributed by atoms with van der Waals surface area (Å²) in [6.45, 7) is 0. The van der Waals surface area contributed by atoms with Crippen LogP contribution in [0.2, 0.25) is 0 Å². The van der Waals surface area contributed by atoms with Gasteiger partial charge in [-0.2, -0.15) is 0 Å². The van der Waals surface area contributed by atoms with Gasteiger partial charge in [0.2, 0.25) is 11.8 Å². The van der Waals surface area contributed by atoms with Gasteiger partial charge in [0.15, 0.2) is 0 Å². The number of carbonyl (C=O) groups excluding carboxylic acids is 2. The molecule has 6 nitrogen and oxygen atoms in total. The highest BCUT2D eigenvalue weighted by Crippen LogP contribution is 2.30. The number of carboxylic acids is 1. The Kier molecular flexibility index (Phi) is 4.57. The Morgan fingerprint density at radius 3 is 2.29 bits per heavy atom. The first kappa shape index (κ1) is 15.0. The van der Waals surface area contributed by atoms with E-state index in [1.54, 1.807) is 24.3 Å². The van der Waals surface area contributed by atoms with Crippen LogP contribution in [0.3, 0.4) is 0 Å². The molecule has 1 saturated carbocycles. The van der Waals surface area contributed by atoms with Crippen LogP contribution in [-0.4, -0.2) is 22.9 Å².